The number of nitrogens with one attached hydrogen (secondary N) is 1. The molecular formula is C20H28N2OS. The third-order valence-electron chi connectivity index (χ3n) is 6.27. The average Bonchev–Trinajstić information content (AvgIpc) is 3.28. The molecule has 4 heteroatoms. The molecule has 0 spiro atoms. The summed E-state index contributed by atoms with van der Waals surface area (Å²) in [5.41, 5.74) is -0.0697. The van der Waals surface area contributed by atoms with Gasteiger partial charge in [-0.1, -0.05) is 31.0 Å². The molecule has 1 N–H and O–H groups in total. The maximum Gasteiger partial charge on any atom is 0.230 e. The number of carbonyl (C=O) groups excluding carboxylic acids is 1. The summed E-state index contributed by atoms with van der Waals surface area (Å²) in [6.07, 6.45) is 6.03. The van der Waals surface area contributed by atoms with Crippen LogP contribution in [0.25, 0.3) is 0 Å². The van der Waals surface area contributed by atoms with Crippen LogP contribution in [0.5, 0.6) is 0 Å². The number of carbonyl (C=O) groups is 1. The highest BCUT2D eigenvalue weighted by Crippen LogP contribution is 2.45. The molecule has 0 radical (unpaired) electrons. The van der Waals surface area contributed by atoms with Crippen molar-refractivity contribution in [1.29, 1.82) is 0 Å². The Labute approximate surface area is 149 Å². The van der Waals surface area contributed by atoms with Crippen LogP contribution >= 0.6 is 11.8 Å². The summed E-state index contributed by atoms with van der Waals surface area (Å²) in [6.45, 7) is 3.89. The van der Waals surface area contributed by atoms with Crippen LogP contribution in [0.3, 0.4) is 0 Å². The van der Waals surface area contributed by atoms with E-state index in [0.29, 0.717) is 17.7 Å². The number of fused-ring (bicyclic) bond motifs is 1. The molecule has 2 heterocycles. The molecular weight excluding hydrogens is 316 g/mol. The second-order valence-corrected chi connectivity index (χ2v) is 8.85. The Morgan fingerprint density at radius 1 is 1.25 bits per heavy atom. The van der Waals surface area contributed by atoms with E-state index in [-0.39, 0.29) is 5.41 Å². The van der Waals surface area contributed by atoms with Crippen molar-refractivity contribution in [2.24, 2.45) is 17.3 Å². The standard InChI is InChI=1S/C20H28N2OS/c23-19(20-10-5-4-6-17(20)12-21-15-20)22-11-9-16(13-22)14-24-18-7-2-1-3-8-18/h1-3,7-8,16-17,21H,4-6,9-15H2/t16?,17-,20+/m0/s1. The lowest BCUT2D eigenvalue weighted by Crippen LogP contribution is -2.49. The van der Waals surface area contributed by atoms with Gasteiger partial charge >= 0.3 is 0 Å². The zero-order valence-corrected chi connectivity index (χ0v) is 15.2. The van der Waals surface area contributed by atoms with Crippen molar-refractivity contribution in [2.45, 2.75) is 37.0 Å². The summed E-state index contributed by atoms with van der Waals surface area (Å²) in [4.78, 5) is 16.8. The molecule has 3 nitrogen and oxygen atoms in total. The van der Waals surface area contributed by atoms with E-state index < -0.39 is 0 Å². The van der Waals surface area contributed by atoms with E-state index in [2.05, 4.69) is 40.5 Å². The third kappa shape index (κ3) is 3.11. The van der Waals surface area contributed by atoms with Crippen LogP contribution in [0.2, 0.25) is 0 Å². The van der Waals surface area contributed by atoms with Gasteiger partial charge in [0.15, 0.2) is 0 Å². The second-order valence-electron chi connectivity index (χ2n) is 7.76. The molecule has 3 atom stereocenters. The minimum atomic E-state index is -0.0697. The van der Waals surface area contributed by atoms with Gasteiger partial charge in [-0.3, -0.25) is 4.79 Å². The minimum absolute atomic E-state index is 0.0697. The molecule has 0 bridgehead atoms. The summed E-state index contributed by atoms with van der Waals surface area (Å²) >= 11 is 1.93. The highest BCUT2D eigenvalue weighted by molar-refractivity contribution is 7.99. The number of likely N-dealkylation sites (tertiary alicyclic amines) is 1. The lowest BCUT2D eigenvalue weighted by Gasteiger charge is -2.39. The Morgan fingerprint density at radius 3 is 3.00 bits per heavy atom. The van der Waals surface area contributed by atoms with E-state index in [9.17, 15) is 4.79 Å². The Kier molecular flexibility index (Phi) is 4.86. The molecule has 0 aromatic heterocycles. The minimum Gasteiger partial charge on any atom is -0.342 e. The highest BCUT2D eigenvalue weighted by atomic mass is 32.2. The first-order valence-corrected chi connectivity index (χ1v) is 10.4. The second kappa shape index (κ2) is 7.09. The van der Waals surface area contributed by atoms with Crippen molar-refractivity contribution in [3.63, 3.8) is 0 Å². The van der Waals surface area contributed by atoms with Gasteiger partial charge in [0.05, 0.1) is 5.41 Å². The zero-order valence-electron chi connectivity index (χ0n) is 14.4. The Balaban J connectivity index is 1.35. The molecule has 2 saturated heterocycles. The Morgan fingerprint density at radius 2 is 2.12 bits per heavy atom. The number of thioether (sulfide) groups is 1. The number of nitrogens with zero attached hydrogens (tertiary/aromatic N) is 1. The van der Waals surface area contributed by atoms with Crippen molar-refractivity contribution in [1.82, 2.24) is 10.2 Å². The maximum absolute atomic E-state index is 13.3. The first kappa shape index (κ1) is 16.5. The summed E-state index contributed by atoms with van der Waals surface area (Å²) in [5, 5.41) is 3.52. The van der Waals surface area contributed by atoms with Gasteiger partial charge in [-0.2, -0.15) is 0 Å². The number of rotatable bonds is 4. The summed E-state index contributed by atoms with van der Waals surface area (Å²) in [7, 11) is 0. The third-order valence-corrected chi connectivity index (χ3v) is 7.51. The lowest BCUT2D eigenvalue weighted by atomic mass is 9.67. The van der Waals surface area contributed by atoms with Crippen LogP contribution in [-0.4, -0.2) is 42.7 Å². The molecule has 1 aromatic carbocycles. The SMILES string of the molecule is O=C(N1CCC(CSc2ccccc2)C1)[C@@]12CCCC[C@H]1CNC2. The Hall–Kier alpha value is -1.00. The van der Waals surface area contributed by atoms with E-state index in [4.69, 9.17) is 0 Å². The van der Waals surface area contributed by atoms with Gasteiger partial charge in [-0.25, -0.2) is 0 Å². The maximum atomic E-state index is 13.3. The fraction of sp³-hybridized carbons (Fsp3) is 0.650. The van der Waals surface area contributed by atoms with Gasteiger partial charge in [0.2, 0.25) is 5.91 Å². The van der Waals surface area contributed by atoms with Gasteiger partial charge < -0.3 is 10.2 Å². The predicted octanol–water partition coefficient (Wildman–Crippen LogP) is 3.41. The monoisotopic (exact) mass is 344 g/mol. The normalized spacial score (nSPS) is 32.8. The number of hydrogen-bond donors (Lipinski definition) is 1. The van der Waals surface area contributed by atoms with E-state index >= 15 is 0 Å². The van der Waals surface area contributed by atoms with E-state index in [0.717, 1.165) is 38.4 Å². The topological polar surface area (TPSA) is 32.3 Å². The van der Waals surface area contributed by atoms with Gasteiger partial charge in [0, 0.05) is 30.3 Å². The van der Waals surface area contributed by atoms with Crippen LogP contribution in [0, 0.1) is 17.3 Å². The number of benzene rings is 1. The van der Waals surface area contributed by atoms with Crippen molar-refractivity contribution < 1.29 is 4.79 Å². The van der Waals surface area contributed by atoms with Crippen molar-refractivity contribution in [3.8, 4) is 0 Å². The Bertz CT molecular complexity index is 578. The highest BCUT2D eigenvalue weighted by Gasteiger charge is 2.52. The quantitative estimate of drug-likeness (QED) is 0.850. The van der Waals surface area contributed by atoms with Crippen molar-refractivity contribution >= 4 is 17.7 Å². The van der Waals surface area contributed by atoms with Crippen LogP contribution < -0.4 is 5.32 Å². The van der Waals surface area contributed by atoms with Gasteiger partial charge in [0.25, 0.3) is 0 Å². The lowest BCUT2D eigenvalue weighted by molar-refractivity contribution is -0.144. The van der Waals surface area contributed by atoms with E-state index in [1.54, 1.807) is 0 Å². The first-order valence-electron chi connectivity index (χ1n) is 9.46. The summed E-state index contributed by atoms with van der Waals surface area (Å²) < 4.78 is 0. The fourth-order valence-electron chi connectivity index (χ4n) is 4.87. The largest absolute Gasteiger partial charge is 0.342 e. The van der Waals surface area contributed by atoms with Crippen molar-refractivity contribution in [3.05, 3.63) is 30.3 Å². The van der Waals surface area contributed by atoms with Gasteiger partial charge in [-0.05, 0) is 49.8 Å². The van der Waals surface area contributed by atoms with Gasteiger partial charge in [-0.15, -0.1) is 11.8 Å². The zero-order chi connectivity index (χ0) is 16.4. The fourth-order valence-corrected chi connectivity index (χ4v) is 5.92. The van der Waals surface area contributed by atoms with Crippen molar-refractivity contribution in [2.75, 3.05) is 31.9 Å². The molecule has 3 fully saturated rings. The van der Waals surface area contributed by atoms with Crippen LogP contribution in [0.1, 0.15) is 32.1 Å². The molecule has 1 unspecified atom stereocenters. The number of hydrogen-bond acceptors (Lipinski definition) is 3. The molecule has 24 heavy (non-hydrogen) atoms. The average molecular weight is 345 g/mol. The molecule has 4 rings (SSSR count). The van der Waals surface area contributed by atoms with E-state index in [1.807, 2.05) is 11.8 Å². The first-order chi connectivity index (χ1) is 11.8. The van der Waals surface area contributed by atoms with E-state index in [1.165, 1.54) is 30.6 Å². The molecule has 3 aliphatic rings. The van der Waals surface area contributed by atoms with Crippen LogP contribution in [-0.2, 0) is 4.79 Å². The summed E-state index contributed by atoms with van der Waals surface area (Å²) in [5.74, 6) is 2.82. The van der Waals surface area contributed by atoms with Crippen LogP contribution in [0.4, 0.5) is 0 Å². The molecule has 1 amide bonds. The summed E-state index contributed by atoms with van der Waals surface area (Å²) in [6, 6.07) is 10.6. The smallest absolute Gasteiger partial charge is 0.230 e. The molecule has 1 aromatic rings. The predicted molar refractivity (Wildman–Crippen MR) is 99.1 cm³/mol. The molecule has 2 aliphatic heterocycles. The van der Waals surface area contributed by atoms with Crippen LogP contribution in [0.15, 0.2) is 35.2 Å². The molecule has 1 saturated carbocycles. The number of amides is 1. The molecule has 130 valence electrons. The van der Waals surface area contributed by atoms with Gasteiger partial charge in [0.1, 0.15) is 0 Å². The molecule has 1 aliphatic carbocycles.